The van der Waals surface area contributed by atoms with Crippen molar-refractivity contribution in [1.82, 2.24) is 24.8 Å². The maximum Gasteiger partial charge on any atom is 0.360 e. The first-order valence-electron chi connectivity index (χ1n) is 6.18. The zero-order valence-corrected chi connectivity index (χ0v) is 11.3. The summed E-state index contributed by atoms with van der Waals surface area (Å²) < 4.78 is 8.14. The summed E-state index contributed by atoms with van der Waals surface area (Å²) in [5, 5.41) is 12.1. The first-order chi connectivity index (χ1) is 9.17. The molecule has 0 amide bonds. The smallest absolute Gasteiger partial charge is 0.360 e. The first-order valence-corrected chi connectivity index (χ1v) is 6.18. The summed E-state index contributed by atoms with van der Waals surface area (Å²) in [4.78, 5) is 11.7. The average Bonchev–Trinajstić information content (AvgIpc) is 3.01. The Labute approximate surface area is 111 Å². The van der Waals surface area contributed by atoms with E-state index in [9.17, 15) is 4.79 Å². The number of hydrogen-bond acceptors (Lipinski definition) is 5. The summed E-state index contributed by atoms with van der Waals surface area (Å²) in [7, 11) is 3.15. The van der Waals surface area contributed by atoms with Crippen molar-refractivity contribution in [3.63, 3.8) is 0 Å². The van der Waals surface area contributed by atoms with Crippen molar-refractivity contribution >= 4 is 5.97 Å². The first kappa shape index (κ1) is 13.3. The number of rotatable bonds is 5. The summed E-state index contributed by atoms with van der Waals surface area (Å²) in [6.07, 6.45) is 5.53. The van der Waals surface area contributed by atoms with E-state index in [0.29, 0.717) is 12.2 Å². The molecular formula is C12H17N5O2. The Balaban J connectivity index is 2.46. The monoisotopic (exact) mass is 263 g/mol. The molecular weight excluding hydrogens is 246 g/mol. The third kappa shape index (κ3) is 2.64. The van der Waals surface area contributed by atoms with Crippen molar-refractivity contribution in [2.24, 2.45) is 7.05 Å². The Morgan fingerprint density at radius 3 is 2.84 bits per heavy atom. The number of ether oxygens (including phenoxy) is 1. The topological polar surface area (TPSA) is 74.8 Å². The van der Waals surface area contributed by atoms with Crippen molar-refractivity contribution in [2.75, 3.05) is 7.11 Å². The molecule has 0 aromatic carbocycles. The van der Waals surface area contributed by atoms with Crippen LogP contribution in [0.3, 0.4) is 0 Å². The highest BCUT2D eigenvalue weighted by atomic mass is 16.5. The molecule has 0 bridgehead atoms. The van der Waals surface area contributed by atoms with E-state index in [4.69, 9.17) is 4.74 Å². The van der Waals surface area contributed by atoms with E-state index < -0.39 is 5.97 Å². The van der Waals surface area contributed by atoms with Gasteiger partial charge in [0.2, 0.25) is 0 Å². The fraction of sp³-hybridized carbons (Fsp3) is 0.500. The largest absolute Gasteiger partial charge is 0.464 e. The fourth-order valence-electron chi connectivity index (χ4n) is 1.84. The Morgan fingerprint density at radius 2 is 2.26 bits per heavy atom. The van der Waals surface area contributed by atoms with Gasteiger partial charge in [0.1, 0.15) is 5.69 Å². The molecule has 0 aliphatic heterocycles. The number of esters is 1. The van der Waals surface area contributed by atoms with Crippen LogP contribution in [0.4, 0.5) is 0 Å². The minimum Gasteiger partial charge on any atom is -0.464 e. The van der Waals surface area contributed by atoms with E-state index in [-0.39, 0.29) is 5.69 Å². The summed E-state index contributed by atoms with van der Waals surface area (Å²) in [5.41, 5.74) is 1.70. The number of hydrogen-bond donors (Lipinski definition) is 0. The molecule has 0 fully saturated rings. The second-order valence-corrected chi connectivity index (χ2v) is 4.26. The van der Waals surface area contributed by atoms with Crippen LogP contribution in [0.25, 0.3) is 11.3 Å². The molecule has 0 aliphatic carbocycles. The van der Waals surface area contributed by atoms with Crippen LogP contribution in [0, 0.1) is 0 Å². The van der Waals surface area contributed by atoms with Crippen molar-refractivity contribution in [2.45, 2.75) is 26.3 Å². The number of methoxy groups -OCH3 is 1. The van der Waals surface area contributed by atoms with E-state index in [0.717, 1.165) is 18.4 Å². The van der Waals surface area contributed by atoms with Crippen molar-refractivity contribution in [3.8, 4) is 11.3 Å². The third-order valence-electron chi connectivity index (χ3n) is 2.82. The normalized spacial score (nSPS) is 10.7. The van der Waals surface area contributed by atoms with Gasteiger partial charge in [-0.05, 0) is 6.42 Å². The van der Waals surface area contributed by atoms with Crippen LogP contribution < -0.4 is 0 Å². The van der Waals surface area contributed by atoms with Gasteiger partial charge in [-0.25, -0.2) is 9.48 Å². The van der Waals surface area contributed by atoms with Crippen LogP contribution in [0.1, 0.15) is 30.3 Å². The fourth-order valence-corrected chi connectivity index (χ4v) is 1.84. The highest BCUT2D eigenvalue weighted by Gasteiger charge is 2.22. The zero-order valence-electron chi connectivity index (χ0n) is 11.3. The lowest BCUT2D eigenvalue weighted by Gasteiger charge is -2.04. The van der Waals surface area contributed by atoms with Gasteiger partial charge in [-0.1, -0.05) is 18.6 Å². The molecule has 0 atom stereocenters. The molecule has 0 saturated carbocycles. The predicted octanol–water partition coefficient (Wildman–Crippen LogP) is 1.27. The third-order valence-corrected chi connectivity index (χ3v) is 2.82. The number of carbonyl (C=O) groups is 1. The molecule has 0 spiro atoms. The Morgan fingerprint density at radius 1 is 1.47 bits per heavy atom. The van der Waals surface area contributed by atoms with Gasteiger partial charge in [-0.15, -0.1) is 5.10 Å². The van der Waals surface area contributed by atoms with Gasteiger partial charge >= 0.3 is 5.97 Å². The average molecular weight is 263 g/mol. The highest BCUT2D eigenvalue weighted by molar-refractivity contribution is 5.93. The molecule has 7 nitrogen and oxygen atoms in total. The predicted molar refractivity (Wildman–Crippen MR) is 68.5 cm³/mol. The molecule has 0 unspecified atom stereocenters. The molecule has 0 N–H and O–H groups in total. The van der Waals surface area contributed by atoms with E-state index in [1.54, 1.807) is 15.6 Å². The quantitative estimate of drug-likeness (QED) is 0.759. The maximum absolute atomic E-state index is 11.7. The van der Waals surface area contributed by atoms with Gasteiger partial charge < -0.3 is 4.74 Å². The molecule has 0 saturated heterocycles. The van der Waals surface area contributed by atoms with Gasteiger partial charge in [0.25, 0.3) is 0 Å². The lowest BCUT2D eigenvalue weighted by atomic mass is 10.2. The molecule has 2 rings (SSSR count). The Kier molecular flexibility index (Phi) is 3.94. The molecule has 102 valence electrons. The molecule has 19 heavy (non-hydrogen) atoms. The number of aryl methyl sites for hydroxylation is 2. The van der Waals surface area contributed by atoms with Gasteiger partial charge in [-0.3, -0.25) is 4.68 Å². The van der Waals surface area contributed by atoms with Crippen LogP contribution in [-0.4, -0.2) is 37.9 Å². The molecule has 2 aromatic heterocycles. The summed E-state index contributed by atoms with van der Waals surface area (Å²) >= 11 is 0. The Bertz CT molecular complexity index is 572. The molecule has 2 heterocycles. The number of nitrogens with zero attached hydrogens (tertiary/aromatic N) is 5. The highest BCUT2D eigenvalue weighted by Crippen LogP contribution is 2.22. The van der Waals surface area contributed by atoms with Crippen LogP contribution in [0.2, 0.25) is 0 Å². The lowest BCUT2D eigenvalue weighted by Crippen LogP contribution is -2.06. The van der Waals surface area contributed by atoms with E-state index >= 15 is 0 Å². The van der Waals surface area contributed by atoms with Crippen LogP contribution >= 0.6 is 0 Å². The van der Waals surface area contributed by atoms with E-state index in [1.165, 1.54) is 7.11 Å². The number of carbonyl (C=O) groups excluding carboxylic acids is 1. The summed E-state index contributed by atoms with van der Waals surface area (Å²) in [5.74, 6) is -0.485. The minimum atomic E-state index is -0.485. The molecule has 0 aliphatic rings. The standard InChI is InChI=1S/C12H17N5O2/c1-4-5-6-17-11(9-7-13-16(2)8-9)10(14-15-17)12(18)19-3/h7-8H,4-6H2,1-3H3. The van der Waals surface area contributed by atoms with Crippen LogP contribution in [0.15, 0.2) is 12.4 Å². The van der Waals surface area contributed by atoms with Crippen LogP contribution in [-0.2, 0) is 18.3 Å². The van der Waals surface area contributed by atoms with Gasteiger partial charge in [0.05, 0.1) is 13.3 Å². The Hall–Kier alpha value is -2.18. The second-order valence-electron chi connectivity index (χ2n) is 4.26. The van der Waals surface area contributed by atoms with Crippen molar-refractivity contribution < 1.29 is 9.53 Å². The maximum atomic E-state index is 11.7. The minimum absolute atomic E-state index is 0.228. The SMILES string of the molecule is CCCCn1nnc(C(=O)OC)c1-c1cnn(C)c1. The summed E-state index contributed by atoms with van der Waals surface area (Å²) in [6.45, 7) is 2.81. The summed E-state index contributed by atoms with van der Waals surface area (Å²) in [6, 6.07) is 0. The lowest BCUT2D eigenvalue weighted by molar-refractivity contribution is 0.0595. The molecule has 7 heteroatoms. The van der Waals surface area contributed by atoms with Gasteiger partial charge in [0.15, 0.2) is 5.69 Å². The number of aromatic nitrogens is 5. The molecule has 2 aromatic rings. The molecule has 0 radical (unpaired) electrons. The second kappa shape index (κ2) is 5.64. The van der Waals surface area contributed by atoms with Gasteiger partial charge in [-0.2, -0.15) is 5.10 Å². The van der Waals surface area contributed by atoms with Gasteiger partial charge in [0, 0.05) is 25.4 Å². The van der Waals surface area contributed by atoms with Crippen LogP contribution in [0.5, 0.6) is 0 Å². The number of unbranched alkanes of at least 4 members (excludes halogenated alkanes) is 1. The zero-order chi connectivity index (χ0) is 13.8. The van der Waals surface area contributed by atoms with E-state index in [1.807, 2.05) is 13.2 Å². The van der Waals surface area contributed by atoms with Crippen molar-refractivity contribution in [3.05, 3.63) is 18.1 Å². The van der Waals surface area contributed by atoms with Crippen molar-refractivity contribution in [1.29, 1.82) is 0 Å². The van der Waals surface area contributed by atoms with E-state index in [2.05, 4.69) is 22.3 Å².